The highest BCUT2D eigenvalue weighted by atomic mass is 32.1. The Labute approximate surface area is 119 Å². The van der Waals surface area contributed by atoms with E-state index in [9.17, 15) is 0 Å². The zero-order valence-electron chi connectivity index (χ0n) is 11.2. The lowest BCUT2D eigenvalue weighted by atomic mass is 9.71. The molecule has 1 atom stereocenters. The molecule has 1 heterocycles. The first-order chi connectivity index (χ1) is 9.12. The van der Waals surface area contributed by atoms with Gasteiger partial charge in [-0.2, -0.15) is 0 Å². The maximum atomic E-state index is 5.63. The van der Waals surface area contributed by atoms with Gasteiger partial charge < -0.3 is 4.90 Å². The van der Waals surface area contributed by atoms with Crippen LogP contribution in [0.2, 0.25) is 0 Å². The van der Waals surface area contributed by atoms with Crippen molar-refractivity contribution in [2.24, 2.45) is 5.41 Å². The largest absolute Gasteiger partial charge is 0.327 e. The molecule has 3 rings (SSSR count). The normalized spacial score (nSPS) is 21.1. The first-order valence-corrected chi connectivity index (χ1v) is 6.97. The molecule has 19 heavy (non-hydrogen) atoms. The fourth-order valence-corrected chi connectivity index (χ4v) is 3.18. The van der Waals surface area contributed by atoms with Crippen molar-refractivity contribution in [2.45, 2.75) is 19.9 Å². The van der Waals surface area contributed by atoms with E-state index < -0.39 is 0 Å². The summed E-state index contributed by atoms with van der Waals surface area (Å²) in [5.41, 5.74) is 2.54. The predicted molar refractivity (Wildman–Crippen MR) is 84.5 cm³/mol. The second kappa shape index (κ2) is 4.46. The van der Waals surface area contributed by atoms with E-state index in [2.05, 4.69) is 73.3 Å². The molecular formula is C17H17NS. The maximum Gasteiger partial charge on any atom is 0.0911 e. The Bertz CT molecular complexity index is 589. The second-order valence-corrected chi connectivity index (χ2v) is 5.93. The molecule has 2 aromatic rings. The topological polar surface area (TPSA) is 3.24 Å². The van der Waals surface area contributed by atoms with Crippen molar-refractivity contribution in [3.05, 3.63) is 66.2 Å². The summed E-state index contributed by atoms with van der Waals surface area (Å²) in [5.74, 6) is 0. The molecule has 0 bridgehead atoms. The molecule has 1 nitrogen and oxygen atoms in total. The van der Waals surface area contributed by atoms with Gasteiger partial charge in [-0.25, -0.2) is 0 Å². The number of hydrogen-bond acceptors (Lipinski definition) is 1. The lowest BCUT2D eigenvalue weighted by Gasteiger charge is -2.56. The van der Waals surface area contributed by atoms with Crippen LogP contribution in [0.15, 0.2) is 60.7 Å². The average molecular weight is 267 g/mol. The van der Waals surface area contributed by atoms with Gasteiger partial charge in [-0.3, -0.25) is 0 Å². The molecule has 2 aromatic carbocycles. The summed E-state index contributed by atoms with van der Waals surface area (Å²) in [7, 11) is 0. The van der Waals surface area contributed by atoms with Gasteiger partial charge in [0.05, 0.1) is 11.0 Å². The number of nitrogens with zero attached hydrogens (tertiary/aromatic N) is 1. The van der Waals surface area contributed by atoms with Crippen LogP contribution < -0.4 is 4.90 Å². The second-order valence-electron chi connectivity index (χ2n) is 5.55. The zero-order chi connectivity index (χ0) is 13.5. The molecule has 2 heteroatoms. The van der Waals surface area contributed by atoms with E-state index in [1.807, 2.05) is 6.07 Å². The van der Waals surface area contributed by atoms with E-state index in [0.29, 0.717) is 6.04 Å². The highest BCUT2D eigenvalue weighted by molar-refractivity contribution is 7.80. The van der Waals surface area contributed by atoms with Crippen molar-refractivity contribution >= 4 is 22.9 Å². The molecule has 96 valence electrons. The molecule has 1 fully saturated rings. The molecule has 1 saturated heterocycles. The number of rotatable bonds is 2. The summed E-state index contributed by atoms with van der Waals surface area (Å²) in [6.07, 6.45) is 0. The third-order valence-electron chi connectivity index (χ3n) is 3.86. The highest BCUT2D eigenvalue weighted by Gasteiger charge is 2.51. The van der Waals surface area contributed by atoms with Crippen molar-refractivity contribution in [1.82, 2.24) is 0 Å². The average Bonchev–Trinajstić information content (AvgIpc) is 2.45. The third kappa shape index (κ3) is 1.87. The first-order valence-electron chi connectivity index (χ1n) is 6.56. The fourth-order valence-electron chi connectivity index (χ4n) is 2.86. The van der Waals surface area contributed by atoms with Crippen molar-refractivity contribution in [3.63, 3.8) is 0 Å². The maximum absolute atomic E-state index is 5.63. The molecule has 0 N–H and O–H groups in total. The van der Waals surface area contributed by atoms with E-state index in [1.165, 1.54) is 11.3 Å². The Kier molecular flexibility index (Phi) is 2.90. The van der Waals surface area contributed by atoms with Gasteiger partial charge in [-0.1, -0.05) is 74.6 Å². The molecule has 1 aliphatic rings. The van der Waals surface area contributed by atoms with Crippen LogP contribution in [0.25, 0.3) is 0 Å². The summed E-state index contributed by atoms with van der Waals surface area (Å²) in [6, 6.07) is 21.3. The van der Waals surface area contributed by atoms with Gasteiger partial charge in [-0.05, 0) is 17.7 Å². The van der Waals surface area contributed by atoms with Crippen LogP contribution >= 0.6 is 12.2 Å². The standard InChI is InChI=1S/C17H17NS/c1-17(2)15(13-9-5-3-6-10-13)18(16(17)19)14-11-7-4-8-12-14/h3-12,15H,1-2H3/t15-/m1/s1. The van der Waals surface area contributed by atoms with Crippen LogP contribution in [-0.2, 0) is 0 Å². The van der Waals surface area contributed by atoms with Gasteiger partial charge in [0.15, 0.2) is 0 Å². The van der Waals surface area contributed by atoms with E-state index in [-0.39, 0.29) is 5.41 Å². The van der Waals surface area contributed by atoms with Crippen molar-refractivity contribution in [1.29, 1.82) is 0 Å². The summed E-state index contributed by atoms with van der Waals surface area (Å²) in [5, 5.41) is 0. The van der Waals surface area contributed by atoms with Crippen LogP contribution in [0.4, 0.5) is 5.69 Å². The van der Waals surface area contributed by atoms with Gasteiger partial charge in [0.25, 0.3) is 0 Å². The molecule has 0 spiro atoms. The van der Waals surface area contributed by atoms with Crippen LogP contribution in [0.5, 0.6) is 0 Å². The number of thiocarbonyl (C=S) groups is 1. The Balaban J connectivity index is 2.03. The Morgan fingerprint density at radius 2 is 1.42 bits per heavy atom. The van der Waals surface area contributed by atoms with Gasteiger partial charge in [-0.15, -0.1) is 0 Å². The number of para-hydroxylation sites is 1. The molecule has 0 amide bonds. The summed E-state index contributed by atoms with van der Waals surface area (Å²) in [6.45, 7) is 4.46. The molecule has 0 aromatic heterocycles. The highest BCUT2D eigenvalue weighted by Crippen LogP contribution is 2.52. The van der Waals surface area contributed by atoms with Gasteiger partial charge in [0.1, 0.15) is 0 Å². The molecule has 0 saturated carbocycles. The molecule has 0 aliphatic carbocycles. The lowest BCUT2D eigenvalue weighted by molar-refractivity contribution is 0.348. The monoisotopic (exact) mass is 267 g/mol. The summed E-state index contributed by atoms with van der Waals surface area (Å²) >= 11 is 5.63. The van der Waals surface area contributed by atoms with Crippen LogP contribution in [0, 0.1) is 5.41 Å². The SMILES string of the molecule is CC1(C)C(=S)N(c2ccccc2)[C@@H]1c1ccccc1. The molecule has 1 aliphatic heterocycles. The quantitative estimate of drug-likeness (QED) is 0.731. The Morgan fingerprint density at radius 1 is 0.895 bits per heavy atom. The summed E-state index contributed by atoms with van der Waals surface area (Å²) < 4.78 is 0. The number of hydrogen-bond donors (Lipinski definition) is 0. The van der Waals surface area contributed by atoms with E-state index in [1.54, 1.807) is 0 Å². The van der Waals surface area contributed by atoms with Gasteiger partial charge >= 0.3 is 0 Å². The van der Waals surface area contributed by atoms with Crippen LogP contribution in [0.1, 0.15) is 25.5 Å². The fraction of sp³-hybridized carbons (Fsp3) is 0.235. The van der Waals surface area contributed by atoms with E-state index in [0.717, 1.165) is 4.99 Å². The van der Waals surface area contributed by atoms with Crippen LogP contribution in [0.3, 0.4) is 0 Å². The van der Waals surface area contributed by atoms with Crippen molar-refractivity contribution < 1.29 is 0 Å². The molecular weight excluding hydrogens is 250 g/mol. The first kappa shape index (κ1) is 12.4. The van der Waals surface area contributed by atoms with Crippen molar-refractivity contribution in [2.75, 3.05) is 4.90 Å². The minimum atomic E-state index is 0.0343. The molecule has 0 unspecified atom stereocenters. The Morgan fingerprint density at radius 3 is 2.00 bits per heavy atom. The van der Waals surface area contributed by atoms with Gasteiger partial charge in [0.2, 0.25) is 0 Å². The zero-order valence-corrected chi connectivity index (χ0v) is 12.0. The minimum absolute atomic E-state index is 0.0343. The minimum Gasteiger partial charge on any atom is -0.327 e. The smallest absolute Gasteiger partial charge is 0.0911 e. The van der Waals surface area contributed by atoms with Crippen molar-refractivity contribution in [3.8, 4) is 0 Å². The predicted octanol–water partition coefficient (Wildman–Crippen LogP) is 4.60. The molecule has 0 radical (unpaired) electrons. The third-order valence-corrected chi connectivity index (χ3v) is 4.58. The Hall–Kier alpha value is -1.67. The number of anilines is 1. The lowest BCUT2D eigenvalue weighted by Crippen LogP contribution is -2.60. The van der Waals surface area contributed by atoms with Crippen LogP contribution in [-0.4, -0.2) is 4.99 Å². The number of benzene rings is 2. The van der Waals surface area contributed by atoms with E-state index in [4.69, 9.17) is 12.2 Å². The summed E-state index contributed by atoms with van der Waals surface area (Å²) in [4.78, 5) is 3.29. The van der Waals surface area contributed by atoms with E-state index >= 15 is 0 Å². The van der Waals surface area contributed by atoms with Gasteiger partial charge in [0, 0.05) is 11.1 Å².